The van der Waals surface area contributed by atoms with Crippen LogP contribution in [0.15, 0.2) is 109 Å². The van der Waals surface area contributed by atoms with Crippen molar-refractivity contribution >= 4 is 81.0 Å². The number of Topliss-reactive ketones (excluding diaryl/α,β-unsaturated/α-hetero) is 3. The number of ketones is 3. The van der Waals surface area contributed by atoms with Crippen molar-refractivity contribution < 1.29 is 101 Å². The maximum absolute atomic E-state index is 14.8. The number of anilines is 2. The van der Waals surface area contributed by atoms with E-state index in [2.05, 4.69) is 53.4 Å². The molecule has 36 heteroatoms. The third-order valence-corrected chi connectivity index (χ3v) is 25.9. The van der Waals surface area contributed by atoms with Gasteiger partial charge in [-0.05, 0) is 136 Å². The van der Waals surface area contributed by atoms with Crippen molar-refractivity contribution in [3.8, 4) is 11.3 Å². The fraction of sp³-hybridized carbons (Fsp3) is 0.600. The highest BCUT2D eigenvalue weighted by Crippen LogP contribution is 2.39. The second-order valence-electron chi connectivity index (χ2n) is 35.2. The summed E-state index contributed by atoms with van der Waals surface area (Å²) >= 11 is 0. The molecule has 1 aromatic carbocycles. The van der Waals surface area contributed by atoms with Gasteiger partial charge in [0.1, 0.15) is 59.7 Å². The number of amides is 4. The number of aliphatic hydroxyl groups excluding tert-OH is 1. The summed E-state index contributed by atoms with van der Waals surface area (Å²) in [6, 6.07) is 8.08. The lowest BCUT2D eigenvalue weighted by Gasteiger charge is -2.42. The third-order valence-electron chi connectivity index (χ3n) is 25.9. The Morgan fingerprint density at radius 3 is 2.17 bits per heavy atom. The number of methoxy groups -OCH3 is 3. The number of hydrogen-bond acceptors (Lipinski definition) is 30. The van der Waals surface area contributed by atoms with E-state index < -0.39 is 108 Å². The molecule has 0 radical (unpaired) electrons. The van der Waals surface area contributed by atoms with Crippen LogP contribution in [0.4, 0.5) is 16.6 Å². The molecule has 12 rings (SSSR count). The van der Waals surface area contributed by atoms with Crippen LogP contribution >= 0.6 is 0 Å². The number of hydrogen-bond donors (Lipinski definition) is 6. The van der Waals surface area contributed by atoms with Crippen LogP contribution in [0, 0.1) is 29.6 Å². The molecular weight excluding hydrogens is 1690 g/mol. The molecule has 10 heterocycles. The van der Waals surface area contributed by atoms with E-state index in [4.69, 9.17) is 68.7 Å². The molecule has 4 fully saturated rings. The van der Waals surface area contributed by atoms with Gasteiger partial charge in [-0.2, -0.15) is 5.10 Å². The van der Waals surface area contributed by atoms with Gasteiger partial charge >= 0.3 is 12.1 Å². The van der Waals surface area contributed by atoms with Crippen molar-refractivity contribution in [2.75, 3.05) is 144 Å². The minimum atomic E-state index is -2.51. The van der Waals surface area contributed by atoms with Crippen molar-refractivity contribution in [1.82, 2.24) is 59.7 Å². The molecule has 1 saturated carbocycles. The number of aromatic amines is 1. The second-order valence-corrected chi connectivity index (χ2v) is 35.2. The van der Waals surface area contributed by atoms with Crippen LogP contribution in [0.5, 0.6) is 0 Å². The van der Waals surface area contributed by atoms with Gasteiger partial charge in [-0.15, -0.1) is 0 Å². The highest BCUT2D eigenvalue weighted by Gasteiger charge is 2.53. The Morgan fingerprint density at radius 1 is 0.725 bits per heavy atom. The number of nitrogens with zero attached hydrogens (tertiary/aromatic N) is 11. The third kappa shape index (κ3) is 26.6. The minimum Gasteiger partial charge on any atom is -0.459 e. The van der Waals surface area contributed by atoms with Crippen LogP contribution in [0.1, 0.15) is 152 Å². The summed E-state index contributed by atoms with van der Waals surface area (Å²) in [6.07, 6.45) is 17.1. The van der Waals surface area contributed by atoms with E-state index in [-0.39, 0.29) is 86.8 Å². The molecule has 8 N–H and O–H groups in total. The fourth-order valence-electron chi connectivity index (χ4n) is 18.1. The number of nitrogens with one attached hydrogen (secondary N) is 2. The van der Waals surface area contributed by atoms with Gasteiger partial charge in [-0.25, -0.2) is 39.2 Å². The van der Waals surface area contributed by atoms with E-state index in [0.717, 1.165) is 44.6 Å². The quantitative estimate of drug-likeness (QED) is 0.0109. The molecule has 3 saturated heterocycles. The van der Waals surface area contributed by atoms with E-state index in [1.165, 1.54) is 38.5 Å². The average Bonchev–Trinajstić information content (AvgIpc) is 1.69. The Hall–Kier alpha value is -10.2. The first kappa shape index (κ1) is 99.8. The first-order valence-corrected chi connectivity index (χ1v) is 45.9. The number of nitrogens with two attached hydrogens (primary N) is 2. The number of nitrogen functional groups attached to an aromatic ring is 1. The molecule has 6 aromatic rings. The van der Waals surface area contributed by atoms with Crippen LogP contribution < -0.4 is 21.7 Å². The van der Waals surface area contributed by atoms with Gasteiger partial charge < -0.3 is 104 Å². The molecule has 36 nitrogen and oxygen atoms in total. The van der Waals surface area contributed by atoms with Crippen molar-refractivity contribution in [3.05, 3.63) is 131 Å². The second kappa shape index (κ2) is 48.4. The SMILES string of the molecule is CO[C@H]1C[C@@H]2CC[C@@H](C)[C@@](O)(O2)C(=O)C(=O)N2CCCC[C@H]2C(=O)O[C@H]([C@H](N)C[C@@H]2CC[C@@H](OC(=O)N3CCN(c4ncc(C(=O)NCCOCCOCCOCCOCCOCCC(=O)N5CCc6cc(Cn7nc(-c8cnc9[nH]ccc9c8)c8c(N)ncnc87)ccc6C5)cn4)CC3)[C@H](OC)C2)CC(=O)[C@H](C)/C=C(\C)[C@@H](O)[C@@H](OC)C(=O)[C@H](C)C[C@H](C)/C=C/C=C/C=C/1C. The van der Waals surface area contributed by atoms with E-state index in [1.54, 1.807) is 52.0 Å². The number of piperidine rings is 1. The summed E-state index contributed by atoms with van der Waals surface area (Å²) in [4.78, 5) is 144. The van der Waals surface area contributed by atoms with Crippen molar-refractivity contribution in [1.29, 1.82) is 0 Å². The predicted octanol–water partition coefficient (Wildman–Crippen LogP) is 7.73. The van der Waals surface area contributed by atoms with Crippen LogP contribution in [0.3, 0.4) is 0 Å². The lowest BCUT2D eigenvalue weighted by Crippen LogP contribution is -2.61. The molecule has 4 amide bonds. The minimum absolute atomic E-state index is 0.00165. The lowest BCUT2D eigenvalue weighted by molar-refractivity contribution is -0.265. The number of H-pyrrole nitrogens is 1. The number of ether oxygens (including phenoxy) is 11. The number of pyridine rings is 1. The first-order chi connectivity index (χ1) is 63.2. The van der Waals surface area contributed by atoms with Crippen LogP contribution in [0.25, 0.3) is 33.3 Å². The molecular formula is C95H131N15O21. The van der Waals surface area contributed by atoms with Gasteiger partial charge in [-0.1, -0.05) is 82.4 Å². The zero-order valence-electron chi connectivity index (χ0n) is 76.9. The number of carbonyl (C=O) groups excluding carboxylic acids is 8. The Morgan fingerprint density at radius 2 is 1.45 bits per heavy atom. The molecule has 1 aliphatic carbocycles. The molecule has 6 aliphatic rings. The van der Waals surface area contributed by atoms with Crippen molar-refractivity contribution in [2.24, 2.45) is 35.3 Å². The Labute approximate surface area is 764 Å². The fourth-order valence-corrected chi connectivity index (χ4v) is 18.1. The highest BCUT2D eigenvalue weighted by atomic mass is 16.6. The Kier molecular flexibility index (Phi) is 36.9. The molecule has 2 bridgehead atoms. The average molecular weight is 1820 g/mol. The number of piperazine rings is 1. The first-order valence-electron chi connectivity index (χ1n) is 45.9. The monoisotopic (exact) mass is 1820 g/mol. The summed E-state index contributed by atoms with van der Waals surface area (Å²) in [7, 11) is 4.45. The molecule has 0 unspecified atom stereocenters. The molecule has 0 spiro atoms. The summed E-state index contributed by atoms with van der Waals surface area (Å²) in [5.74, 6) is -8.35. The number of benzene rings is 1. The number of rotatable bonds is 30. The number of carbonyl (C=O) groups is 8. The van der Waals surface area contributed by atoms with Gasteiger partial charge in [0, 0.05) is 146 Å². The van der Waals surface area contributed by atoms with E-state index >= 15 is 0 Å². The molecule has 712 valence electrons. The maximum Gasteiger partial charge on any atom is 0.410 e. The highest BCUT2D eigenvalue weighted by molar-refractivity contribution is 6.39. The van der Waals surface area contributed by atoms with Gasteiger partial charge in [0.15, 0.2) is 11.4 Å². The van der Waals surface area contributed by atoms with Crippen LogP contribution in [0.2, 0.25) is 0 Å². The lowest BCUT2D eigenvalue weighted by atomic mass is 9.80. The Balaban J connectivity index is 0.521. The number of allylic oxidation sites excluding steroid dienone is 6. The number of fused-ring (bicyclic) bond motifs is 6. The number of cyclic esters (lactones) is 1. The van der Waals surface area contributed by atoms with E-state index in [1.807, 2.05) is 77.0 Å². The van der Waals surface area contributed by atoms with Crippen molar-refractivity contribution in [3.63, 3.8) is 0 Å². The zero-order valence-corrected chi connectivity index (χ0v) is 76.9. The molecule has 5 aliphatic heterocycles. The zero-order chi connectivity index (χ0) is 93.3. The number of aliphatic hydroxyl groups is 2. The predicted molar refractivity (Wildman–Crippen MR) is 485 cm³/mol. The van der Waals surface area contributed by atoms with Gasteiger partial charge in [0.2, 0.25) is 17.6 Å². The van der Waals surface area contributed by atoms with E-state index in [9.17, 15) is 48.6 Å². The summed E-state index contributed by atoms with van der Waals surface area (Å²) in [5, 5.41) is 33.2. The number of esters is 1. The van der Waals surface area contributed by atoms with Gasteiger partial charge in [0.25, 0.3) is 17.6 Å². The molecule has 131 heavy (non-hydrogen) atoms. The largest absolute Gasteiger partial charge is 0.459 e. The number of aromatic nitrogens is 8. The summed E-state index contributed by atoms with van der Waals surface area (Å²) < 4.78 is 66.3. The van der Waals surface area contributed by atoms with Crippen molar-refractivity contribution in [2.45, 2.75) is 205 Å². The Bertz CT molecular complexity index is 4980. The van der Waals surface area contributed by atoms with Crippen LogP contribution in [-0.4, -0.2) is 306 Å². The topological polar surface area (TPSA) is 454 Å². The normalized spacial score (nSPS) is 27.2. The van der Waals surface area contributed by atoms with Gasteiger partial charge in [-0.3, -0.25) is 28.8 Å². The molecule has 5 aromatic heterocycles. The summed E-state index contributed by atoms with van der Waals surface area (Å²) in [5.41, 5.74) is 21.2. The maximum atomic E-state index is 14.8. The standard InChI is InChI=1S/C95H131N15O21/c1-59-15-11-10-12-16-60(2)77(121-7)51-72-22-18-64(6)95(120,131-72)86(115)91(117)109-29-14-13-17-74(109)92(118)129-78(52-75(111)61(3)46-63(5)84(114)85(123-9)83(113)62(4)45-59)73(96)48-65-20-23-76(79(49-65)122-8)130-94(119)107-33-31-106(32-34-107)93-101-54-71(55-102-93)90(116)99-28-36-125-38-40-127-42-44-128-43-41-126-39-37-124-35-26-80(112)108-30-25-67-47-66(19-21-69(67)57-108)56-110-89-81(87(97)103-58-104-89)82(105-110)70-50-68-24-27-98-88(68)100-53-70/h10-12,15-16,19,21,24,27,46-47,50,53-55,58-59,61-62,64-65,72-74,76-79,84-85,114,120H,13-14,17-18,20,22-23,25-26,28-45,48-49,51-52,56-57,96H2,1-9H3,(H,98,100)(H,99,116)(H2,97,103,104)/b12-10+,15-11+,60-16+,63-46+/t59-,61-,62-,64-,65+,72+,73-,74+,76-,77+,78+,79-,84-,85+,95-/m1/s1. The summed E-state index contributed by atoms with van der Waals surface area (Å²) in [6.45, 7) is 17.2. The van der Waals surface area contributed by atoms with E-state index in [0.29, 0.717) is 191 Å². The van der Waals surface area contributed by atoms with Crippen LogP contribution in [-0.2, 0) is 100 Å². The molecule has 15 atom stereocenters. The smallest absolute Gasteiger partial charge is 0.410 e. The van der Waals surface area contributed by atoms with Gasteiger partial charge in [0.05, 0.1) is 108 Å².